The fourth-order valence-electron chi connectivity index (χ4n) is 1.55. The van der Waals surface area contributed by atoms with Gasteiger partial charge in [-0.3, -0.25) is 0 Å². The molecule has 0 saturated heterocycles. The second kappa shape index (κ2) is 4.54. The van der Waals surface area contributed by atoms with E-state index in [0.717, 1.165) is 34.8 Å². The van der Waals surface area contributed by atoms with Crippen molar-refractivity contribution in [3.05, 3.63) is 47.4 Å². The van der Waals surface area contributed by atoms with Gasteiger partial charge in [0.1, 0.15) is 5.76 Å². The second-order valence-corrected chi connectivity index (χ2v) is 4.00. The Labute approximate surface area is 94.7 Å². The van der Waals surface area contributed by atoms with E-state index in [9.17, 15) is 0 Å². The predicted molar refractivity (Wildman–Crippen MR) is 63.1 cm³/mol. The minimum Gasteiger partial charge on any atom is -0.469 e. The largest absolute Gasteiger partial charge is 0.469 e. The van der Waals surface area contributed by atoms with Crippen molar-refractivity contribution in [3.8, 4) is 11.1 Å². The van der Waals surface area contributed by atoms with Gasteiger partial charge >= 0.3 is 0 Å². The van der Waals surface area contributed by atoms with Gasteiger partial charge in [-0.1, -0.05) is 30.7 Å². The molecule has 0 aliphatic heterocycles. The molecule has 1 aromatic carbocycles. The van der Waals surface area contributed by atoms with Crippen LogP contribution < -0.4 is 0 Å². The highest BCUT2D eigenvalue weighted by molar-refractivity contribution is 6.30. The standard InChI is InChI=1S/C13H13ClO/c1-2-3-13-8-11(9-15-13)10-4-6-12(14)7-5-10/h4-9H,2-3H2,1H3. The molecular formula is C13H13ClO. The summed E-state index contributed by atoms with van der Waals surface area (Å²) in [5.74, 6) is 1.04. The first-order valence-electron chi connectivity index (χ1n) is 5.13. The monoisotopic (exact) mass is 220 g/mol. The molecular weight excluding hydrogens is 208 g/mol. The first-order chi connectivity index (χ1) is 7.29. The maximum absolute atomic E-state index is 5.83. The van der Waals surface area contributed by atoms with Crippen LogP contribution in [0.2, 0.25) is 5.02 Å². The number of benzene rings is 1. The molecule has 0 radical (unpaired) electrons. The minimum absolute atomic E-state index is 0.760. The lowest BCUT2D eigenvalue weighted by Crippen LogP contribution is -1.76. The number of halogens is 1. The van der Waals surface area contributed by atoms with Gasteiger partial charge in [0, 0.05) is 17.0 Å². The zero-order valence-corrected chi connectivity index (χ0v) is 9.42. The third-order valence-corrected chi connectivity index (χ3v) is 2.58. The normalized spacial score (nSPS) is 10.5. The van der Waals surface area contributed by atoms with Gasteiger partial charge in [-0.25, -0.2) is 0 Å². The van der Waals surface area contributed by atoms with Gasteiger partial charge in [-0.2, -0.15) is 0 Å². The molecule has 0 saturated carbocycles. The second-order valence-electron chi connectivity index (χ2n) is 3.56. The maximum atomic E-state index is 5.83. The summed E-state index contributed by atoms with van der Waals surface area (Å²) in [4.78, 5) is 0. The van der Waals surface area contributed by atoms with Crippen LogP contribution in [0.1, 0.15) is 19.1 Å². The summed E-state index contributed by atoms with van der Waals surface area (Å²) in [6.07, 6.45) is 3.90. The highest BCUT2D eigenvalue weighted by Crippen LogP contribution is 2.24. The van der Waals surface area contributed by atoms with Crippen molar-refractivity contribution in [3.63, 3.8) is 0 Å². The zero-order chi connectivity index (χ0) is 10.7. The van der Waals surface area contributed by atoms with Gasteiger partial charge in [0.2, 0.25) is 0 Å². The molecule has 1 aromatic heterocycles. The summed E-state index contributed by atoms with van der Waals surface area (Å²) in [5, 5.41) is 0.760. The molecule has 0 unspecified atom stereocenters. The van der Waals surface area contributed by atoms with E-state index in [-0.39, 0.29) is 0 Å². The lowest BCUT2D eigenvalue weighted by atomic mass is 10.1. The summed E-state index contributed by atoms with van der Waals surface area (Å²) in [6, 6.07) is 9.88. The van der Waals surface area contributed by atoms with Gasteiger partial charge in [-0.15, -0.1) is 0 Å². The SMILES string of the molecule is CCCc1cc(-c2ccc(Cl)cc2)co1. The van der Waals surface area contributed by atoms with Gasteiger partial charge in [0.05, 0.1) is 6.26 Å². The van der Waals surface area contributed by atoms with Crippen LogP contribution >= 0.6 is 11.6 Å². The Balaban J connectivity index is 2.25. The first-order valence-corrected chi connectivity index (χ1v) is 5.50. The molecule has 0 aliphatic carbocycles. The van der Waals surface area contributed by atoms with E-state index >= 15 is 0 Å². The molecule has 0 fully saturated rings. The topological polar surface area (TPSA) is 13.1 Å². The zero-order valence-electron chi connectivity index (χ0n) is 8.66. The molecule has 0 N–H and O–H groups in total. The molecule has 0 spiro atoms. The fraction of sp³-hybridized carbons (Fsp3) is 0.231. The molecule has 1 heterocycles. The van der Waals surface area contributed by atoms with Crippen LogP contribution in [0, 0.1) is 0 Å². The average molecular weight is 221 g/mol. The van der Waals surface area contributed by atoms with Crippen molar-refractivity contribution in [2.75, 3.05) is 0 Å². The van der Waals surface area contributed by atoms with Crippen LogP contribution in [0.4, 0.5) is 0 Å². The lowest BCUT2D eigenvalue weighted by Gasteiger charge is -1.95. The van der Waals surface area contributed by atoms with E-state index < -0.39 is 0 Å². The molecule has 15 heavy (non-hydrogen) atoms. The summed E-state index contributed by atoms with van der Waals surface area (Å²) < 4.78 is 5.46. The summed E-state index contributed by atoms with van der Waals surface area (Å²) in [7, 11) is 0. The summed E-state index contributed by atoms with van der Waals surface area (Å²) in [6.45, 7) is 2.14. The lowest BCUT2D eigenvalue weighted by molar-refractivity contribution is 0.507. The third-order valence-electron chi connectivity index (χ3n) is 2.33. The van der Waals surface area contributed by atoms with E-state index in [0.29, 0.717) is 0 Å². The van der Waals surface area contributed by atoms with Gasteiger partial charge in [0.25, 0.3) is 0 Å². The Morgan fingerprint density at radius 2 is 1.87 bits per heavy atom. The Kier molecular flexibility index (Phi) is 3.12. The Bertz CT molecular complexity index is 428. The maximum Gasteiger partial charge on any atom is 0.104 e. The Morgan fingerprint density at radius 1 is 1.13 bits per heavy atom. The van der Waals surface area contributed by atoms with E-state index in [1.54, 1.807) is 6.26 Å². The molecule has 2 aromatic rings. The average Bonchev–Trinajstić information content (AvgIpc) is 2.68. The van der Waals surface area contributed by atoms with Crippen LogP contribution in [0.25, 0.3) is 11.1 Å². The molecule has 2 heteroatoms. The van der Waals surface area contributed by atoms with Crippen molar-refractivity contribution < 1.29 is 4.42 Å². The van der Waals surface area contributed by atoms with Gasteiger partial charge < -0.3 is 4.42 Å². The van der Waals surface area contributed by atoms with E-state index in [1.807, 2.05) is 24.3 Å². The first kappa shape index (κ1) is 10.3. The van der Waals surface area contributed by atoms with Crippen molar-refractivity contribution in [2.24, 2.45) is 0 Å². The molecule has 78 valence electrons. The van der Waals surface area contributed by atoms with Crippen LogP contribution in [-0.4, -0.2) is 0 Å². The third kappa shape index (κ3) is 2.42. The number of rotatable bonds is 3. The predicted octanol–water partition coefficient (Wildman–Crippen LogP) is 4.55. The van der Waals surface area contributed by atoms with Crippen LogP contribution in [0.15, 0.2) is 41.0 Å². The number of aryl methyl sites for hydroxylation is 1. The molecule has 2 rings (SSSR count). The van der Waals surface area contributed by atoms with Gasteiger partial charge in [-0.05, 0) is 30.2 Å². The van der Waals surface area contributed by atoms with Crippen molar-refractivity contribution in [1.29, 1.82) is 0 Å². The molecule has 0 atom stereocenters. The molecule has 1 nitrogen and oxygen atoms in total. The van der Waals surface area contributed by atoms with Gasteiger partial charge in [0.15, 0.2) is 0 Å². The molecule has 0 amide bonds. The molecule has 0 bridgehead atoms. The van der Waals surface area contributed by atoms with Crippen LogP contribution in [0.5, 0.6) is 0 Å². The van der Waals surface area contributed by atoms with E-state index in [1.165, 1.54) is 0 Å². The number of furan rings is 1. The minimum atomic E-state index is 0.760. The smallest absolute Gasteiger partial charge is 0.104 e. The quantitative estimate of drug-likeness (QED) is 0.740. The number of hydrogen-bond acceptors (Lipinski definition) is 1. The van der Waals surface area contributed by atoms with Crippen molar-refractivity contribution in [1.82, 2.24) is 0 Å². The van der Waals surface area contributed by atoms with Crippen molar-refractivity contribution in [2.45, 2.75) is 19.8 Å². The van der Waals surface area contributed by atoms with Crippen LogP contribution in [0.3, 0.4) is 0 Å². The Morgan fingerprint density at radius 3 is 2.53 bits per heavy atom. The Hall–Kier alpha value is -1.21. The summed E-state index contributed by atoms with van der Waals surface area (Å²) in [5.41, 5.74) is 2.26. The number of hydrogen-bond donors (Lipinski definition) is 0. The van der Waals surface area contributed by atoms with E-state index in [4.69, 9.17) is 16.0 Å². The highest BCUT2D eigenvalue weighted by atomic mass is 35.5. The van der Waals surface area contributed by atoms with Crippen LogP contribution in [-0.2, 0) is 6.42 Å². The van der Waals surface area contributed by atoms with Crippen molar-refractivity contribution >= 4 is 11.6 Å². The summed E-state index contributed by atoms with van der Waals surface area (Å²) >= 11 is 5.83. The highest BCUT2D eigenvalue weighted by Gasteiger charge is 2.03. The molecule has 0 aliphatic rings. The van der Waals surface area contributed by atoms with E-state index in [2.05, 4.69) is 13.0 Å². The fourth-order valence-corrected chi connectivity index (χ4v) is 1.68.